The molecule has 0 aliphatic rings. The Hall–Kier alpha value is -2.22. The normalized spacial score (nSPS) is 9.93. The first-order valence-corrected chi connectivity index (χ1v) is 4.12. The lowest BCUT2D eigenvalue weighted by molar-refractivity contribution is 0.560. The largest absolute Gasteiger partial charge is 0.234 e. The summed E-state index contributed by atoms with van der Waals surface area (Å²) < 4.78 is 27.5. The van der Waals surface area contributed by atoms with Crippen molar-refractivity contribution in [3.8, 4) is 11.8 Å². The highest BCUT2D eigenvalue weighted by atomic mass is 19.1. The van der Waals surface area contributed by atoms with Crippen LogP contribution in [0.4, 0.5) is 8.78 Å². The summed E-state index contributed by atoms with van der Waals surface area (Å²) in [5.41, 5.74) is -0.170. The minimum absolute atomic E-state index is 0.109. The van der Waals surface area contributed by atoms with E-state index in [0.29, 0.717) is 0 Å². The van der Waals surface area contributed by atoms with Crippen LogP contribution < -0.4 is 0 Å². The first-order chi connectivity index (χ1) is 7.22. The van der Waals surface area contributed by atoms with Gasteiger partial charge < -0.3 is 0 Å². The predicted octanol–water partition coefficient (Wildman–Crippen LogP) is 2.02. The summed E-state index contributed by atoms with van der Waals surface area (Å²) in [5, 5.41) is 12.2. The molecular weight excluding hydrogens is 200 g/mol. The Labute approximate surface area is 84.2 Å². The molecule has 0 bridgehead atoms. The standard InChI is InChI=1S/C10H5F2N3/c11-8-2-1-3-9(12)10(8)15-5-4-7(6-13)14-15/h1-5H. The van der Waals surface area contributed by atoms with Gasteiger partial charge in [0.2, 0.25) is 0 Å². The predicted molar refractivity (Wildman–Crippen MR) is 48.2 cm³/mol. The fourth-order valence-electron chi connectivity index (χ4n) is 1.22. The molecule has 0 atom stereocenters. The molecule has 0 saturated heterocycles. The molecule has 5 heteroatoms. The van der Waals surface area contributed by atoms with E-state index in [-0.39, 0.29) is 11.4 Å². The second kappa shape index (κ2) is 3.50. The number of aromatic nitrogens is 2. The minimum atomic E-state index is -0.720. The van der Waals surface area contributed by atoms with E-state index < -0.39 is 11.6 Å². The fourth-order valence-corrected chi connectivity index (χ4v) is 1.22. The Kier molecular flexibility index (Phi) is 2.18. The van der Waals surface area contributed by atoms with Gasteiger partial charge in [-0.2, -0.15) is 10.4 Å². The number of nitrogens with zero attached hydrogens (tertiary/aromatic N) is 3. The number of benzene rings is 1. The molecule has 0 aliphatic heterocycles. The van der Waals surface area contributed by atoms with E-state index in [1.807, 2.05) is 0 Å². The molecule has 0 unspecified atom stereocenters. The van der Waals surface area contributed by atoms with Crippen molar-refractivity contribution < 1.29 is 8.78 Å². The number of hydrogen-bond acceptors (Lipinski definition) is 2. The van der Waals surface area contributed by atoms with Gasteiger partial charge in [0.15, 0.2) is 17.3 Å². The number of hydrogen-bond donors (Lipinski definition) is 0. The van der Waals surface area contributed by atoms with Crippen molar-refractivity contribution in [2.75, 3.05) is 0 Å². The van der Waals surface area contributed by atoms with Gasteiger partial charge in [-0.3, -0.25) is 0 Å². The molecule has 0 N–H and O–H groups in total. The third-order valence-electron chi connectivity index (χ3n) is 1.87. The second-order valence-electron chi connectivity index (χ2n) is 2.83. The molecule has 0 saturated carbocycles. The summed E-state index contributed by atoms with van der Waals surface area (Å²) in [6.45, 7) is 0. The molecular formula is C10H5F2N3. The molecule has 0 spiro atoms. The molecule has 0 amide bonds. The minimum Gasteiger partial charge on any atom is -0.234 e. The van der Waals surface area contributed by atoms with Crippen LogP contribution >= 0.6 is 0 Å². The van der Waals surface area contributed by atoms with Crippen molar-refractivity contribution in [1.29, 1.82) is 5.26 Å². The van der Waals surface area contributed by atoms with E-state index in [9.17, 15) is 8.78 Å². The van der Waals surface area contributed by atoms with Crippen LogP contribution in [0.25, 0.3) is 5.69 Å². The molecule has 74 valence electrons. The van der Waals surface area contributed by atoms with Gasteiger partial charge >= 0.3 is 0 Å². The van der Waals surface area contributed by atoms with Gasteiger partial charge in [0.1, 0.15) is 11.8 Å². The SMILES string of the molecule is N#Cc1ccn(-c2c(F)cccc2F)n1. The van der Waals surface area contributed by atoms with Crippen molar-refractivity contribution in [1.82, 2.24) is 9.78 Å². The summed E-state index contributed by atoms with van der Waals surface area (Å²) in [6.07, 6.45) is 1.33. The van der Waals surface area contributed by atoms with Crippen LogP contribution in [0.1, 0.15) is 5.69 Å². The number of para-hydroxylation sites is 1. The van der Waals surface area contributed by atoms with Crippen LogP contribution in [0.5, 0.6) is 0 Å². The van der Waals surface area contributed by atoms with E-state index in [2.05, 4.69) is 5.10 Å². The zero-order valence-corrected chi connectivity index (χ0v) is 7.48. The zero-order chi connectivity index (χ0) is 10.8. The number of rotatable bonds is 1. The second-order valence-corrected chi connectivity index (χ2v) is 2.83. The van der Waals surface area contributed by atoms with E-state index in [1.165, 1.54) is 18.3 Å². The van der Waals surface area contributed by atoms with Crippen molar-refractivity contribution >= 4 is 0 Å². The monoisotopic (exact) mass is 205 g/mol. The summed E-state index contributed by atoms with van der Waals surface area (Å²) in [4.78, 5) is 0. The lowest BCUT2D eigenvalue weighted by Gasteiger charge is -2.03. The highest BCUT2D eigenvalue weighted by Gasteiger charge is 2.11. The molecule has 15 heavy (non-hydrogen) atoms. The zero-order valence-electron chi connectivity index (χ0n) is 7.48. The Balaban J connectivity index is 2.59. The Bertz CT molecular complexity index is 520. The average Bonchev–Trinajstić information content (AvgIpc) is 2.66. The quantitative estimate of drug-likeness (QED) is 0.714. The summed E-state index contributed by atoms with van der Waals surface area (Å²) in [7, 11) is 0. The molecule has 2 aromatic rings. The van der Waals surface area contributed by atoms with Crippen LogP contribution in [-0.2, 0) is 0 Å². The molecule has 1 aromatic heterocycles. The van der Waals surface area contributed by atoms with Crippen molar-refractivity contribution in [3.05, 3.63) is 47.8 Å². The third-order valence-corrected chi connectivity index (χ3v) is 1.87. The smallest absolute Gasteiger partial charge is 0.162 e. The summed E-state index contributed by atoms with van der Waals surface area (Å²) in [5.74, 6) is -1.44. The van der Waals surface area contributed by atoms with Crippen LogP contribution in [0.3, 0.4) is 0 Å². The van der Waals surface area contributed by atoms with Crippen LogP contribution in [0, 0.1) is 23.0 Å². The highest BCUT2D eigenvalue weighted by molar-refractivity contribution is 5.35. The lowest BCUT2D eigenvalue weighted by Crippen LogP contribution is -2.02. The van der Waals surface area contributed by atoms with Crippen LogP contribution in [0.2, 0.25) is 0 Å². The first-order valence-electron chi connectivity index (χ1n) is 4.12. The molecule has 1 heterocycles. The fraction of sp³-hybridized carbons (Fsp3) is 0. The van der Waals surface area contributed by atoms with Gasteiger partial charge in [-0.15, -0.1) is 0 Å². The molecule has 0 fully saturated rings. The van der Waals surface area contributed by atoms with E-state index in [0.717, 1.165) is 16.8 Å². The molecule has 0 aliphatic carbocycles. The topological polar surface area (TPSA) is 41.6 Å². The van der Waals surface area contributed by atoms with Gasteiger partial charge in [0.25, 0.3) is 0 Å². The average molecular weight is 205 g/mol. The summed E-state index contributed by atoms with van der Waals surface area (Å²) >= 11 is 0. The number of nitriles is 1. The Morgan fingerprint density at radius 3 is 2.40 bits per heavy atom. The van der Waals surface area contributed by atoms with Gasteiger partial charge in [-0.25, -0.2) is 13.5 Å². The number of halogens is 2. The Morgan fingerprint density at radius 1 is 1.20 bits per heavy atom. The van der Waals surface area contributed by atoms with Crippen molar-refractivity contribution in [2.45, 2.75) is 0 Å². The van der Waals surface area contributed by atoms with E-state index in [1.54, 1.807) is 6.07 Å². The third kappa shape index (κ3) is 1.57. The van der Waals surface area contributed by atoms with Crippen molar-refractivity contribution in [2.24, 2.45) is 0 Å². The lowest BCUT2D eigenvalue weighted by atomic mass is 10.3. The van der Waals surface area contributed by atoms with Crippen molar-refractivity contribution in [3.63, 3.8) is 0 Å². The van der Waals surface area contributed by atoms with Gasteiger partial charge in [0, 0.05) is 6.20 Å². The van der Waals surface area contributed by atoms with Gasteiger partial charge in [0.05, 0.1) is 0 Å². The van der Waals surface area contributed by atoms with Gasteiger partial charge in [-0.1, -0.05) is 6.07 Å². The Morgan fingerprint density at radius 2 is 1.87 bits per heavy atom. The summed E-state index contributed by atoms with van der Waals surface area (Å²) in [6, 6.07) is 6.69. The van der Waals surface area contributed by atoms with Gasteiger partial charge in [-0.05, 0) is 18.2 Å². The maximum Gasteiger partial charge on any atom is 0.162 e. The van der Waals surface area contributed by atoms with E-state index >= 15 is 0 Å². The highest BCUT2D eigenvalue weighted by Crippen LogP contribution is 2.16. The molecule has 1 aromatic carbocycles. The van der Waals surface area contributed by atoms with E-state index in [4.69, 9.17) is 5.26 Å². The maximum atomic E-state index is 13.3. The first kappa shape index (κ1) is 9.34. The molecule has 2 rings (SSSR count). The maximum absolute atomic E-state index is 13.3. The molecule has 3 nitrogen and oxygen atoms in total. The molecule has 0 radical (unpaired) electrons. The van der Waals surface area contributed by atoms with Crippen LogP contribution in [0.15, 0.2) is 30.5 Å². The van der Waals surface area contributed by atoms with Crippen LogP contribution in [-0.4, -0.2) is 9.78 Å².